The van der Waals surface area contributed by atoms with Crippen molar-refractivity contribution in [2.75, 3.05) is 13.7 Å². The van der Waals surface area contributed by atoms with E-state index in [0.29, 0.717) is 18.7 Å². The summed E-state index contributed by atoms with van der Waals surface area (Å²) in [5.74, 6) is 0.373. The van der Waals surface area contributed by atoms with Crippen LogP contribution < -0.4 is 15.6 Å². The SMILES string of the molecule is C#C.CC.COc1ccc(CCN)cc1S(N)(O)O. The first-order chi connectivity index (χ1) is 8.99. The Morgan fingerprint density at radius 3 is 2.16 bits per heavy atom. The molecule has 19 heavy (non-hydrogen) atoms. The summed E-state index contributed by atoms with van der Waals surface area (Å²) in [6.45, 7) is 4.50. The molecule has 5 nitrogen and oxygen atoms in total. The summed E-state index contributed by atoms with van der Waals surface area (Å²) in [6, 6.07) is 5.09. The highest BCUT2D eigenvalue weighted by Crippen LogP contribution is 2.45. The molecular weight excluding hydrogens is 264 g/mol. The molecule has 1 aromatic rings. The van der Waals surface area contributed by atoms with Gasteiger partial charge in [0.05, 0.1) is 7.11 Å². The predicted octanol–water partition coefficient (Wildman–Crippen LogP) is 2.46. The van der Waals surface area contributed by atoms with Crippen molar-refractivity contribution >= 4 is 10.8 Å². The van der Waals surface area contributed by atoms with Crippen molar-refractivity contribution in [2.45, 2.75) is 25.2 Å². The fraction of sp³-hybridized carbons (Fsp3) is 0.385. The van der Waals surface area contributed by atoms with Crippen molar-refractivity contribution in [3.63, 3.8) is 0 Å². The second kappa shape index (κ2) is 10.7. The Hall–Kier alpha value is -1.23. The number of hydrogen-bond donors (Lipinski definition) is 4. The summed E-state index contributed by atoms with van der Waals surface area (Å²) in [4.78, 5) is 0.218. The molecule has 0 saturated carbocycles. The average Bonchev–Trinajstić information content (AvgIpc) is 2.42. The van der Waals surface area contributed by atoms with Crippen molar-refractivity contribution in [1.29, 1.82) is 0 Å². The number of hydrogen-bond acceptors (Lipinski definition) is 5. The lowest BCUT2D eigenvalue weighted by molar-refractivity contribution is 0.397. The van der Waals surface area contributed by atoms with Crippen LogP contribution in [0.4, 0.5) is 0 Å². The molecule has 0 heterocycles. The molecule has 0 aromatic heterocycles. The summed E-state index contributed by atoms with van der Waals surface area (Å²) < 4.78 is 23.8. The van der Waals surface area contributed by atoms with Crippen LogP contribution in [0, 0.1) is 12.8 Å². The first kappa shape index (κ1) is 20.1. The molecule has 0 aliphatic carbocycles. The first-order valence-electron chi connectivity index (χ1n) is 5.75. The van der Waals surface area contributed by atoms with E-state index in [2.05, 4.69) is 12.8 Å². The third-order valence-electron chi connectivity index (χ3n) is 1.98. The van der Waals surface area contributed by atoms with E-state index in [4.69, 9.17) is 15.6 Å². The average molecular weight is 288 g/mol. The first-order valence-corrected chi connectivity index (χ1v) is 7.36. The predicted molar refractivity (Wildman–Crippen MR) is 82.3 cm³/mol. The molecule has 6 heteroatoms. The number of terminal acetylenes is 1. The molecule has 110 valence electrons. The molecule has 0 fully saturated rings. The molecular formula is C13H24N2O3S. The Morgan fingerprint density at radius 1 is 1.26 bits per heavy atom. The van der Waals surface area contributed by atoms with Gasteiger partial charge in [0.15, 0.2) is 0 Å². The lowest BCUT2D eigenvalue weighted by Gasteiger charge is -2.28. The zero-order chi connectivity index (χ0) is 15.5. The van der Waals surface area contributed by atoms with Gasteiger partial charge in [0.1, 0.15) is 10.6 Å². The van der Waals surface area contributed by atoms with Crippen LogP contribution in [0.2, 0.25) is 0 Å². The molecule has 6 N–H and O–H groups in total. The molecule has 0 bridgehead atoms. The van der Waals surface area contributed by atoms with E-state index in [0.717, 1.165) is 5.56 Å². The van der Waals surface area contributed by atoms with Gasteiger partial charge >= 0.3 is 0 Å². The normalized spacial score (nSPS) is 10.4. The van der Waals surface area contributed by atoms with Crippen LogP contribution in [0.15, 0.2) is 23.1 Å². The molecule has 0 spiro atoms. The van der Waals surface area contributed by atoms with E-state index in [9.17, 15) is 9.11 Å². The van der Waals surface area contributed by atoms with Gasteiger partial charge in [-0.05, 0) is 30.7 Å². The van der Waals surface area contributed by atoms with Crippen molar-refractivity contribution < 1.29 is 13.8 Å². The standard InChI is InChI=1S/C9H16N2O3S.C2H6.C2H2/c1-14-8-3-2-7(4-5-10)6-9(8)15(11,12)13;2*1-2/h2-3,6,12-13H,4-5,10-11H2,1H3;1-2H3;1-2H. The molecule has 0 atom stereocenters. The van der Waals surface area contributed by atoms with Gasteiger partial charge in [-0.1, -0.05) is 19.9 Å². The number of ether oxygens (including phenoxy) is 1. The van der Waals surface area contributed by atoms with Gasteiger partial charge in [-0.25, -0.2) is 5.14 Å². The van der Waals surface area contributed by atoms with Crippen LogP contribution in [0.5, 0.6) is 5.75 Å². The van der Waals surface area contributed by atoms with Gasteiger partial charge in [-0.3, -0.25) is 9.11 Å². The van der Waals surface area contributed by atoms with Crippen LogP contribution in [-0.2, 0) is 6.42 Å². The van der Waals surface area contributed by atoms with E-state index < -0.39 is 10.8 Å². The zero-order valence-electron chi connectivity index (χ0n) is 11.7. The van der Waals surface area contributed by atoms with Crippen LogP contribution in [0.3, 0.4) is 0 Å². The molecule has 0 saturated heterocycles. The Balaban J connectivity index is 0. The van der Waals surface area contributed by atoms with E-state index >= 15 is 0 Å². The molecule has 0 radical (unpaired) electrons. The van der Waals surface area contributed by atoms with E-state index in [1.807, 2.05) is 19.9 Å². The monoisotopic (exact) mass is 288 g/mol. The van der Waals surface area contributed by atoms with Crippen molar-refractivity contribution in [1.82, 2.24) is 0 Å². The van der Waals surface area contributed by atoms with Crippen LogP contribution in [0.1, 0.15) is 19.4 Å². The number of methoxy groups -OCH3 is 1. The maximum absolute atomic E-state index is 9.40. The second-order valence-corrected chi connectivity index (χ2v) is 4.74. The second-order valence-electron chi connectivity index (χ2n) is 3.12. The highest BCUT2D eigenvalue weighted by molar-refractivity contribution is 8.22. The van der Waals surface area contributed by atoms with E-state index in [1.54, 1.807) is 12.1 Å². The van der Waals surface area contributed by atoms with Crippen molar-refractivity contribution in [3.8, 4) is 18.6 Å². The summed E-state index contributed by atoms with van der Waals surface area (Å²) in [5, 5.41) is 5.28. The van der Waals surface area contributed by atoms with Gasteiger partial charge in [0.2, 0.25) is 0 Å². The largest absolute Gasteiger partial charge is 0.495 e. The molecule has 1 aromatic carbocycles. The van der Waals surface area contributed by atoms with Gasteiger partial charge in [0.25, 0.3) is 0 Å². The summed E-state index contributed by atoms with van der Waals surface area (Å²) in [6.07, 6.45) is 8.66. The number of benzene rings is 1. The van der Waals surface area contributed by atoms with E-state index in [-0.39, 0.29) is 4.90 Å². The quantitative estimate of drug-likeness (QED) is 0.637. The Kier molecular flexibility index (Phi) is 11.3. The van der Waals surface area contributed by atoms with Gasteiger partial charge < -0.3 is 10.5 Å². The van der Waals surface area contributed by atoms with Crippen LogP contribution in [-0.4, -0.2) is 22.8 Å². The maximum atomic E-state index is 9.40. The van der Waals surface area contributed by atoms with Gasteiger partial charge in [0, 0.05) is 0 Å². The Labute approximate surface area is 117 Å². The molecule has 0 unspecified atom stereocenters. The Morgan fingerprint density at radius 2 is 1.79 bits per heavy atom. The van der Waals surface area contributed by atoms with Crippen molar-refractivity contribution in [3.05, 3.63) is 23.8 Å². The number of nitrogens with two attached hydrogens (primary N) is 2. The third kappa shape index (κ3) is 7.06. The smallest absolute Gasteiger partial charge is 0.143 e. The van der Waals surface area contributed by atoms with Crippen LogP contribution in [0.25, 0.3) is 0 Å². The fourth-order valence-corrected chi connectivity index (χ4v) is 2.05. The lowest BCUT2D eigenvalue weighted by Crippen LogP contribution is -2.11. The third-order valence-corrected chi connectivity index (χ3v) is 2.95. The van der Waals surface area contributed by atoms with Gasteiger partial charge in [-0.15, -0.1) is 23.6 Å². The zero-order valence-corrected chi connectivity index (χ0v) is 12.5. The number of rotatable bonds is 4. The van der Waals surface area contributed by atoms with Gasteiger partial charge in [-0.2, -0.15) is 0 Å². The summed E-state index contributed by atoms with van der Waals surface area (Å²) >= 11 is 0. The summed E-state index contributed by atoms with van der Waals surface area (Å²) in [7, 11) is -1.80. The highest BCUT2D eigenvalue weighted by Gasteiger charge is 2.16. The minimum atomic E-state index is -3.25. The van der Waals surface area contributed by atoms with Crippen LogP contribution >= 0.6 is 10.8 Å². The van der Waals surface area contributed by atoms with E-state index in [1.165, 1.54) is 7.11 Å². The topological polar surface area (TPSA) is 102 Å². The molecule has 0 aliphatic heterocycles. The Bertz CT molecular complexity index is 376. The minimum absolute atomic E-state index is 0.218. The van der Waals surface area contributed by atoms with Crippen molar-refractivity contribution in [2.24, 2.45) is 10.9 Å². The fourth-order valence-electron chi connectivity index (χ4n) is 1.28. The highest BCUT2D eigenvalue weighted by atomic mass is 32.3. The molecule has 1 rings (SSSR count). The maximum Gasteiger partial charge on any atom is 0.143 e. The summed E-state index contributed by atoms with van der Waals surface area (Å²) in [5.41, 5.74) is 6.31. The molecule has 0 amide bonds. The lowest BCUT2D eigenvalue weighted by atomic mass is 10.1. The minimum Gasteiger partial charge on any atom is -0.495 e. The molecule has 0 aliphatic rings.